The minimum atomic E-state index is -0.110. The van der Waals surface area contributed by atoms with Gasteiger partial charge in [0.05, 0.1) is 0 Å². The minimum Gasteiger partial charge on any atom is -0.339 e. The van der Waals surface area contributed by atoms with Crippen LogP contribution in [0.4, 0.5) is 5.69 Å². The Morgan fingerprint density at radius 1 is 1.00 bits per heavy atom. The third kappa shape index (κ3) is 5.55. The lowest BCUT2D eigenvalue weighted by atomic mass is 10.2. The molecule has 0 bridgehead atoms. The van der Waals surface area contributed by atoms with Crippen molar-refractivity contribution >= 4 is 39.3 Å². The highest BCUT2D eigenvalue weighted by molar-refractivity contribution is 9.10. The number of aryl methyl sites for hydroxylation is 1. The van der Waals surface area contributed by atoms with Gasteiger partial charge in [0.25, 0.3) is 0 Å². The molecule has 6 nitrogen and oxygen atoms in total. The number of nitrogens with one attached hydrogen (secondary N) is 1. The third-order valence-corrected chi connectivity index (χ3v) is 5.66. The molecule has 0 unspecified atom stereocenters. The number of hydrogen-bond acceptors (Lipinski definition) is 6. The van der Waals surface area contributed by atoms with E-state index in [1.807, 2.05) is 48.5 Å². The van der Waals surface area contributed by atoms with Crippen LogP contribution in [0.1, 0.15) is 12.3 Å². The molecule has 1 N–H and O–H groups in total. The summed E-state index contributed by atoms with van der Waals surface area (Å²) in [7, 11) is 0. The average Bonchev–Trinajstić information content (AvgIpc) is 3.25. The van der Waals surface area contributed by atoms with Crippen molar-refractivity contribution in [3.63, 3.8) is 0 Å². The molecule has 0 aliphatic carbocycles. The van der Waals surface area contributed by atoms with Crippen LogP contribution < -0.4 is 5.32 Å². The van der Waals surface area contributed by atoms with Crippen LogP contribution >= 0.6 is 27.7 Å². The number of nitrogens with zero attached hydrogens (tertiary/aromatic N) is 3. The highest BCUT2D eigenvalue weighted by Crippen LogP contribution is 2.29. The molecule has 0 spiro atoms. The molecule has 150 valence electrons. The highest BCUT2D eigenvalue weighted by atomic mass is 79.9. The lowest BCUT2D eigenvalue weighted by Crippen LogP contribution is -2.12. The highest BCUT2D eigenvalue weighted by Gasteiger charge is 2.11. The van der Waals surface area contributed by atoms with E-state index in [0.717, 1.165) is 20.0 Å². The predicted octanol–water partition coefficient (Wildman–Crippen LogP) is 5.62. The van der Waals surface area contributed by atoms with E-state index in [4.69, 9.17) is 4.52 Å². The summed E-state index contributed by atoms with van der Waals surface area (Å²) in [5.74, 6) is 0.720. The van der Waals surface area contributed by atoms with Crippen molar-refractivity contribution < 1.29 is 9.32 Å². The van der Waals surface area contributed by atoms with Crippen molar-refractivity contribution in [3.05, 3.63) is 83.3 Å². The molecule has 0 saturated heterocycles. The van der Waals surface area contributed by atoms with Crippen LogP contribution in [-0.2, 0) is 11.2 Å². The number of aromatic nitrogens is 3. The Morgan fingerprint density at radius 3 is 2.43 bits per heavy atom. The van der Waals surface area contributed by atoms with Crippen molar-refractivity contribution in [1.29, 1.82) is 0 Å². The van der Waals surface area contributed by atoms with Crippen LogP contribution in [0, 0.1) is 0 Å². The molecular weight excluding hydrogens is 464 g/mol. The number of carbonyl (C=O) groups excluding carboxylic acids is 1. The Kier molecular flexibility index (Phi) is 6.56. The monoisotopic (exact) mass is 480 g/mol. The maximum absolute atomic E-state index is 12.2. The first kappa shape index (κ1) is 20.3. The number of amides is 1. The fraction of sp³-hybridized carbons (Fsp3) is 0.0909. The Bertz CT molecular complexity index is 1120. The van der Waals surface area contributed by atoms with E-state index in [0.29, 0.717) is 23.8 Å². The van der Waals surface area contributed by atoms with Crippen molar-refractivity contribution in [2.24, 2.45) is 0 Å². The fourth-order valence-corrected chi connectivity index (χ4v) is 3.73. The van der Waals surface area contributed by atoms with Crippen LogP contribution in [0.3, 0.4) is 0 Å². The predicted molar refractivity (Wildman–Crippen MR) is 119 cm³/mol. The molecule has 0 atom stereocenters. The summed E-state index contributed by atoms with van der Waals surface area (Å²) in [5.41, 5.74) is 1.39. The van der Waals surface area contributed by atoms with Crippen molar-refractivity contribution in [2.45, 2.75) is 22.6 Å². The number of carbonyl (C=O) groups is 1. The van der Waals surface area contributed by atoms with Gasteiger partial charge >= 0.3 is 0 Å². The van der Waals surface area contributed by atoms with E-state index >= 15 is 0 Å². The largest absolute Gasteiger partial charge is 0.339 e. The molecular formula is C22H17BrN4O2S. The number of pyridine rings is 1. The number of anilines is 1. The summed E-state index contributed by atoms with van der Waals surface area (Å²) < 4.78 is 6.27. The van der Waals surface area contributed by atoms with Gasteiger partial charge in [-0.3, -0.25) is 9.78 Å². The van der Waals surface area contributed by atoms with Crippen LogP contribution in [0.15, 0.2) is 91.7 Å². The number of hydrogen-bond donors (Lipinski definition) is 1. The van der Waals surface area contributed by atoms with Gasteiger partial charge in [-0.2, -0.15) is 4.98 Å². The third-order valence-electron chi connectivity index (χ3n) is 4.12. The van der Waals surface area contributed by atoms with Gasteiger partial charge in [-0.25, -0.2) is 0 Å². The number of benzene rings is 2. The van der Waals surface area contributed by atoms with E-state index in [1.165, 1.54) is 0 Å². The zero-order valence-electron chi connectivity index (χ0n) is 15.8. The van der Waals surface area contributed by atoms with E-state index in [1.54, 1.807) is 24.0 Å². The molecule has 1 amide bonds. The van der Waals surface area contributed by atoms with Crippen molar-refractivity contribution in [2.75, 3.05) is 5.32 Å². The second kappa shape index (κ2) is 9.69. The first-order chi connectivity index (χ1) is 14.7. The topological polar surface area (TPSA) is 80.9 Å². The van der Waals surface area contributed by atoms with Crippen LogP contribution in [0.2, 0.25) is 0 Å². The van der Waals surface area contributed by atoms with Gasteiger partial charge in [-0.05, 0) is 60.7 Å². The molecule has 8 heteroatoms. The van der Waals surface area contributed by atoms with Gasteiger partial charge in [0.2, 0.25) is 17.6 Å². The molecule has 4 rings (SSSR count). The van der Waals surface area contributed by atoms with Crippen LogP contribution in [0.5, 0.6) is 0 Å². The summed E-state index contributed by atoms with van der Waals surface area (Å²) in [6.45, 7) is 0. The quantitative estimate of drug-likeness (QED) is 0.369. The second-order valence-corrected chi connectivity index (χ2v) is 8.42. The van der Waals surface area contributed by atoms with Gasteiger partial charge in [0.15, 0.2) is 0 Å². The van der Waals surface area contributed by atoms with E-state index in [-0.39, 0.29) is 12.3 Å². The Labute approximate surface area is 186 Å². The Morgan fingerprint density at radius 2 is 1.73 bits per heavy atom. The first-order valence-electron chi connectivity index (χ1n) is 9.23. The average molecular weight is 481 g/mol. The minimum absolute atomic E-state index is 0.110. The molecule has 0 radical (unpaired) electrons. The smallest absolute Gasteiger partial charge is 0.227 e. The molecule has 2 aromatic carbocycles. The summed E-state index contributed by atoms with van der Waals surface area (Å²) in [6.07, 6.45) is 2.28. The van der Waals surface area contributed by atoms with E-state index in [2.05, 4.69) is 48.5 Å². The maximum atomic E-state index is 12.2. The van der Waals surface area contributed by atoms with Crippen molar-refractivity contribution in [3.8, 4) is 11.5 Å². The first-order valence-corrected chi connectivity index (χ1v) is 10.8. The molecule has 2 heterocycles. The summed E-state index contributed by atoms with van der Waals surface area (Å²) in [4.78, 5) is 23.0. The van der Waals surface area contributed by atoms with Crippen LogP contribution in [-0.4, -0.2) is 21.0 Å². The SMILES string of the molecule is O=C(CCc1nc(-c2ccccn2)no1)Nc1ccc(Sc2ccc(Br)cc2)cc1. The molecule has 4 aromatic rings. The molecule has 0 fully saturated rings. The lowest BCUT2D eigenvalue weighted by molar-refractivity contribution is -0.116. The molecule has 30 heavy (non-hydrogen) atoms. The normalized spacial score (nSPS) is 10.7. The van der Waals surface area contributed by atoms with E-state index in [9.17, 15) is 4.79 Å². The number of rotatable bonds is 7. The summed E-state index contributed by atoms with van der Waals surface area (Å²) in [5, 5.41) is 6.80. The van der Waals surface area contributed by atoms with Gasteiger partial charge in [-0.15, -0.1) is 0 Å². The number of halogens is 1. The summed E-state index contributed by atoms with van der Waals surface area (Å²) in [6, 6.07) is 21.4. The van der Waals surface area contributed by atoms with Crippen molar-refractivity contribution in [1.82, 2.24) is 15.1 Å². The lowest BCUT2D eigenvalue weighted by Gasteiger charge is -2.06. The van der Waals surface area contributed by atoms with Gasteiger partial charge in [-0.1, -0.05) is 38.9 Å². The fourth-order valence-electron chi connectivity index (χ4n) is 2.64. The van der Waals surface area contributed by atoms with Gasteiger partial charge in [0, 0.05) is 39.0 Å². The molecule has 0 aliphatic heterocycles. The Balaban J connectivity index is 1.28. The standard InChI is InChI=1S/C22H17BrN4O2S/c23-15-4-8-17(9-5-15)30-18-10-6-16(7-11-18)25-20(28)12-13-21-26-22(27-29-21)19-3-1-2-14-24-19/h1-11,14H,12-13H2,(H,25,28). The van der Waals surface area contributed by atoms with Gasteiger partial charge < -0.3 is 9.84 Å². The molecule has 0 aliphatic rings. The zero-order chi connectivity index (χ0) is 20.8. The second-order valence-electron chi connectivity index (χ2n) is 6.36. The van der Waals surface area contributed by atoms with Gasteiger partial charge in [0.1, 0.15) is 5.69 Å². The van der Waals surface area contributed by atoms with Crippen LogP contribution in [0.25, 0.3) is 11.5 Å². The zero-order valence-corrected chi connectivity index (χ0v) is 18.2. The molecule has 0 saturated carbocycles. The van der Waals surface area contributed by atoms with E-state index < -0.39 is 0 Å². The molecule has 2 aromatic heterocycles. The maximum Gasteiger partial charge on any atom is 0.227 e. The summed E-state index contributed by atoms with van der Waals surface area (Å²) >= 11 is 5.10. The Hall–Kier alpha value is -2.97.